The topological polar surface area (TPSA) is 102 Å². The van der Waals surface area contributed by atoms with Crippen molar-refractivity contribution in [1.82, 2.24) is 4.90 Å². The molecule has 3 aromatic rings. The number of amides is 2. The maximum Gasteiger partial charge on any atom is 0.303 e. The number of benzene rings is 3. The zero-order valence-corrected chi connectivity index (χ0v) is 22.8. The summed E-state index contributed by atoms with van der Waals surface area (Å²) in [5.74, 6) is -1.66. The Labute approximate surface area is 233 Å². The van der Waals surface area contributed by atoms with E-state index in [2.05, 4.69) is 10.6 Å². The molecule has 0 bridgehead atoms. The molecule has 0 spiro atoms. The van der Waals surface area contributed by atoms with E-state index in [9.17, 15) is 18.8 Å². The molecule has 1 aliphatic heterocycles. The molecule has 0 unspecified atom stereocenters. The standard InChI is InChI=1S/C31H33FN4O4/c1-35(2)18-4-5-27(37)36(3)24-14-12-23(13-15-24)33-30(21-9-6-20(7-10-21)8-17-28(38)39)29-25-16-11-22(32)19-26(25)34-31(29)40/h6-7,9-16,19,33H,4-5,8,17-18H2,1-3H3,(H,34,40)(H,38,39)/b30-29-. The molecule has 0 saturated carbocycles. The van der Waals surface area contributed by atoms with Crippen molar-refractivity contribution in [2.45, 2.75) is 25.7 Å². The van der Waals surface area contributed by atoms with E-state index in [0.717, 1.165) is 24.2 Å². The van der Waals surface area contributed by atoms with E-state index in [1.165, 1.54) is 12.1 Å². The van der Waals surface area contributed by atoms with Crippen LogP contribution in [0.25, 0.3) is 11.3 Å². The van der Waals surface area contributed by atoms with E-state index in [1.807, 2.05) is 67.5 Å². The van der Waals surface area contributed by atoms with Gasteiger partial charge in [0.05, 0.1) is 17.0 Å². The van der Waals surface area contributed by atoms with Crippen molar-refractivity contribution in [1.29, 1.82) is 0 Å². The van der Waals surface area contributed by atoms with Crippen molar-refractivity contribution >= 4 is 46.1 Å². The van der Waals surface area contributed by atoms with Crippen molar-refractivity contribution < 1.29 is 23.9 Å². The number of nitrogens with one attached hydrogen (secondary N) is 2. The molecule has 208 valence electrons. The van der Waals surface area contributed by atoms with Gasteiger partial charge in [-0.15, -0.1) is 0 Å². The molecule has 0 aromatic heterocycles. The molecule has 0 radical (unpaired) electrons. The maximum atomic E-state index is 13.9. The van der Waals surface area contributed by atoms with Gasteiger partial charge in [-0.05, 0) is 87.1 Å². The summed E-state index contributed by atoms with van der Waals surface area (Å²) in [6.07, 6.45) is 1.63. The van der Waals surface area contributed by atoms with Crippen molar-refractivity contribution in [2.24, 2.45) is 0 Å². The van der Waals surface area contributed by atoms with Crippen LogP contribution in [0.5, 0.6) is 0 Å². The van der Waals surface area contributed by atoms with E-state index in [4.69, 9.17) is 5.11 Å². The van der Waals surface area contributed by atoms with Crippen LogP contribution in [0.1, 0.15) is 36.0 Å². The molecule has 1 heterocycles. The first kappa shape index (κ1) is 28.5. The highest BCUT2D eigenvalue weighted by atomic mass is 19.1. The Kier molecular flexibility index (Phi) is 8.96. The van der Waals surface area contributed by atoms with Gasteiger partial charge in [-0.3, -0.25) is 14.4 Å². The second-order valence-corrected chi connectivity index (χ2v) is 10.0. The lowest BCUT2D eigenvalue weighted by molar-refractivity contribution is -0.137. The van der Waals surface area contributed by atoms with Crippen molar-refractivity contribution in [3.8, 4) is 0 Å². The fraction of sp³-hybridized carbons (Fsp3) is 0.258. The number of fused-ring (bicyclic) bond motifs is 1. The van der Waals surface area contributed by atoms with Gasteiger partial charge in [-0.25, -0.2) is 4.39 Å². The van der Waals surface area contributed by atoms with Gasteiger partial charge in [0.1, 0.15) is 5.82 Å². The number of aryl methyl sites for hydroxylation is 1. The van der Waals surface area contributed by atoms with Gasteiger partial charge in [-0.2, -0.15) is 0 Å². The third-order valence-electron chi connectivity index (χ3n) is 6.74. The number of hydrogen-bond acceptors (Lipinski definition) is 5. The number of carboxylic acid groups (broad SMARTS) is 1. The molecule has 0 saturated heterocycles. The smallest absolute Gasteiger partial charge is 0.303 e. The molecule has 3 aromatic carbocycles. The van der Waals surface area contributed by atoms with Gasteiger partial charge in [0.15, 0.2) is 0 Å². The van der Waals surface area contributed by atoms with Crippen LogP contribution in [-0.4, -0.2) is 55.5 Å². The zero-order valence-electron chi connectivity index (χ0n) is 22.8. The van der Waals surface area contributed by atoms with Crippen LogP contribution in [0.15, 0.2) is 66.7 Å². The highest BCUT2D eigenvalue weighted by molar-refractivity contribution is 6.37. The Morgan fingerprint density at radius 3 is 2.30 bits per heavy atom. The number of hydrogen-bond donors (Lipinski definition) is 3. The van der Waals surface area contributed by atoms with Gasteiger partial charge in [0, 0.05) is 36.8 Å². The van der Waals surface area contributed by atoms with Gasteiger partial charge in [-0.1, -0.05) is 24.3 Å². The molecule has 9 heteroatoms. The molecule has 0 atom stereocenters. The summed E-state index contributed by atoms with van der Waals surface area (Å²) < 4.78 is 13.9. The van der Waals surface area contributed by atoms with E-state index in [0.29, 0.717) is 46.6 Å². The van der Waals surface area contributed by atoms with Crippen molar-refractivity contribution in [3.63, 3.8) is 0 Å². The lowest BCUT2D eigenvalue weighted by Gasteiger charge is -2.19. The van der Waals surface area contributed by atoms with Gasteiger partial charge in [0.25, 0.3) is 5.91 Å². The van der Waals surface area contributed by atoms with Crippen LogP contribution in [-0.2, 0) is 20.8 Å². The summed E-state index contributed by atoms with van der Waals surface area (Å²) in [5, 5.41) is 15.1. The molecular weight excluding hydrogens is 511 g/mol. The summed E-state index contributed by atoms with van der Waals surface area (Å²) in [7, 11) is 5.70. The molecule has 0 fully saturated rings. The minimum absolute atomic E-state index is 0.0197. The zero-order chi connectivity index (χ0) is 28.8. The average molecular weight is 545 g/mol. The Morgan fingerprint density at radius 2 is 1.65 bits per heavy atom. The van der Waals surface area contributed by atoms with Gasteiger partial charge >= 0.3 is 5.97 Å². The maximum absolute atomic E-state index is 13.9. The molecule has 4 rings (SSSR count). The average Bonchev–Trinajstić information content (AvgIpc) is 3.25. The lowest BCUT2D eigenvalue weighted by Crippen LogP contribution is -2.27. The van der Waals surface area contributed by atoms with Crippen molar-refractivity contribution in [2.75, 3.05) is 43.2 Å². The highest BCUT2D eigenvalue weighted by Crippen LogP contribution is 2.38. The molecule has 2 amide bonds. The SMILES string of the molecule is CN(C)CCCC(=O)N(C)c1ccc(N/C(=C2\C(=O)Nc3cc(F)ccc32)c2ccc(CCC(=O)O)cc2)cc1. The minimum atomic E-state index is -0.871. The number of carbonyl (C=O) groups excluding carboxylic acids is 2. The number of carboxylic acids is 1. The predicted octanol–water partition coefficient (Wildman–Crippen LogP) is 5.08. The van der Waals surface area contributed by atoms with Crippen LogP contribution in [0.4, 0.5) is 21.5 Å². The first-order valence-corrected chi connectivity index (χ1v) is 13.1. The number of halogens is 1. The molecule has 0 aliphatic carbocycles. The summed E-state index contributed by atoms with van der Waals surface area (Å²) in [6.45, 7) is 0.837. The minimum Gasteiger partial charge on any atom is -0.481 e. The summed E-state index contributed by atoms with van der Waals surface area (Å²) in [4.78, 5) is 40.3. The van der Waals surface area contributed by atoms with E-state index >= 15 is 0 Å². The Balaban J connectivity index is 1.63. The third-order valence-corrected chi connectivity index (χ3v) is 6.74. The van der Waals surface area contributed by atoms with E-state index < -0.39 is 11.8 Å². The molecule has 1 aliphatic rings. The third kappa shape index (κ3) is 6.92. The monoisotopic (exact) mass is 544 g/mol. The lowest BCUT2D eigenvalue weighted by atomic mass is 9.98. The highest BCUT2D eigenvalue weighted by Gasteiger charge is 2.29. The number of nitrogens with zero attached hydrogens (tertiary/aromatic N) is 2. The molecular formula is C31H33FN4O4. The van der Waals surface area contributed by atoms with Crippen molar-refractivity contribution in [3.05, 3.63) is 89.2 Å². The normalized spacial score (nSPS) is 13.6. The van der Waals surface area contributed by atoms with E-state index in [-0.39, 0.29) is 18.2 Å². The number of aliphatic carboxylic acids is 1. The number of anilines is 3. The first-order valence-electron chi connectivity index (χ1n) is 13.1. The number of rotatable bonds is 11. The van der Waals surface area contributed by atoms with Crippen LogP contribution >= 0.6 is 0 Å². The van der Waals surface area contributed by atoms with Crippen LogP contribution in [0.3, 0.4) is 0 Å². The van der Waals surface area contributed by atoms with E-state index in [1.54, 1.807) is 18.0 Å². The van der Waals surface area contributed by atoms with Crippen LogP contribution < -0.4 is 15.5 Å². The van der Waals surface area contributed by atoms with Gasteiger partial charge < -0.3 is 25.5 Å². The fourth-order valence-corrected chi connectivity index (χ4v) is 4.53. The second kappa shape index (κ2) is 12.6. The molecule has 3 N–H and O–H groups in total. The fourth-order valence-electron chi connectivity index (χ4n) is 4.53. The Bertz CT molecular complexity index is 1430. The second-order valence-electron chi connectivity index (χ2n) is 10.0. The Morgan fingerprint density at radius 1 is 0.950 bits per heavy atom. The largest absolute Gasteiger partial charge is 0.481 e. The Hall–Kier alpha value is -4.50. The van der Waals surface area contributed by atoms with Gasteiger partial charge in [0.2, 0.25) is 5.91 Å². The molecule has 40 heavy (non-hydrogen) atoms. The quantitative estimate of drug-likeness (QED) is 0.291. The van der Waals surface area contributed by atoms with Crippen LogP contribution in [0, 0.1) is 5.82 Å². The molecule has 8 nitrogen and oxygen atoms in total. The summed E-state index contributed by atoms with van der Waals surface area (Å²) in [6, 6.07) is 18.8. The first-order chi connectivity index (χ1) is 19.1. The summed E-state index contributed by atoms with van der Waals surface area (Å²) >= 11 is 0. The van der Waals surface area contributed by atoms with Crippen LogP contribution in [0.2, 0.25) is 0 Å². The predicted molar refractivity (Wildman–Crippen MR) is 156 cm³/mol. The summed E-state index contributed by atoms with van der Waals surface area (Å²) in [5.41, 5.74) is 4.86. The number of carbonyl (C=O) groups is 3.